The number of esters is 1. The van der Waals surface area contributed by atoms with Gasteiger partial charge in [0.15, 0.2) is 0 Å². The molecule has 1 aromatic rings. The van der Waals surface area contributed by atoms with E-state index in [9.17, 15) is 4.79 Å². The van der Waals surface area contributed by atoms with Gasteiger partial charge in [-0.05, 0) is 26.3 Å². The molecule has 7 nitrogen and oxygen atoms in total. The third kappa shape index (κ3) is 3.79. The van der Waals surface area contributed by atoms with Crippen LogP contribution < -0.4 is 0 Å². The normalized spacial score (nSPS) is 23.2. The fourth-order valence-electron chi connectivity index (χ4n) is 2.86. The van der Waals surface area contributed by atoms with Crippen molar-refractivity contribution in [2.45, 2.75) is 33.2 Å². The van der Waals surface area contributed by atoms with E-state index >= 15 is 0 Å². The van der Waals surface area contributed by atoms with Gasteiger partial charge in [0.1, 0.15) is 5.41 Å². The first-order valence-electron chi connectivity index (χ1n) is 7.27. The second kappa shape index (κ2) is 7.00. The van der Waals surface area contributed by atoms with E-state index in [0.29, 0.717) is 38.1 Å². The van der Waals surface area contributed by atoms with Gasteiger partial charge in [0.25, 0.3) is 0 Å². The lowest BCUT2D eigenvalue weighted by molar-refractivity contribution is -0.163. The van der Waals surface area contributed by atoms with E-state index < -0.39 is 5.41 Å². The minimum Gasteiger partial charge on any atom is -0.465 e. The molecule has 0 aliphatic carbocycles. The monoisotopic (exact) mass is 297 g/mol. The average Bonchev–Trinajstić information content (AvgIpc) is 2.85. The molecule has 0 aromatic carbocycles. The van der Waals surface area contributed by atoms with Crippen molar-refractivity contribution >= 4 is 5.97 Å². The van der Waals surface area contributed by atoms with Gasteiger partial charge in [-0.3, -0.25) is 9.69 Å². The SMILES string of the molecule is CCOC(=O)C1(COC)CCCN(Cc2nnc(C)o2)C1. The molecule has 2 heterocycles. The summed E-state index contributed by atoms with van der Waals surface area (Å²) in [5.74, 6) is 0.943. The Hall–Kier alpha value is -1.47. The van der Waals surface area contributed by atoms with E-state index in [4.69, 9.17) is 13.9 Å². The van der Waals surface area contributed by atoms with Gasteiger partial charge in [0.05, 0.1) is 19.8 Å². The first kappa shape index (κ1) is 15.9. The second-order valence-corrected chi connectivity index (χ2v) is 5.46. The highest BCUT2D eigenvalue weighted by Crippen LogP contribution is 2.32. The van der Waals surface area contributed by atoms with Crippen LogP contribution in [0.15, 0.2) is 4.42 Å². The number of likely N-dealkylation sites (tertiary alicyclic amines) is 1. The molecule has 0 bridgehead atoms. The van der Waals surface area contributed by atoms with Gasteiger partial charge in [-0.25, -0.2) is 0 Å². The molecule has 0 amide bonds. The molecule has 0 saturated carbocycles. The molecule has 7 heteroatoms. The number of hydrogen-bond acceptors (Lipinski definition) is 7. The summed E-state index contributed by atoms with van der Waals surface area (Å²) in [7, 11) is 1.61. The third-order valence-corrected chi connectivity index (χ3v) is 3.71. The summed E-state index contributed by atoms with van der Waals surface area (Å²) in [5, 5.41) is 7.84. The van der Waals surface area contributed by atoms with Gasteiger partial charge >= 0.3 is 5.97 Å². The van der Waals surface area contributed by atoms with Crippen molar-refractivity contribution in [1.82, 2.24) is 15.1 Å². The minimum atomic E-state index is -0.599. The number of aromatic nitrogens is 2. The maximum Gasteiger partial charge on any atom is 0.315 e. The van der Waals surface area contributed by atoms with Crippen molar-refractivity contribution < 1.29 is 18.7 Å². The molecule has 2 rings (SSSR count). The average molecular weight is 297 g/mol. The van der Waals surface area contributed by atoms with Crippen LogP contribution >= 0.6 is 0 Å². The molecule has 1 aliphatic heterocycles. The maximum absolute atomic E-state index is 12.3. The predicted octanol–water partition coefficient (Wildman–Crippen LogP) is 1.17. The Morgan fingerprint density at radius 2 is 2.29 bits per heavy atom. The topological polar surface area (TPSA) is 77.7 Å². The smallest absolute Gasteiger partial charge is 0.315 e. The van der Waals surface area contributed by atoms with E-state index in [-0.39, 0.29) is 5.97 Å². The zero-order valence-corrected chi connectivity index (χ0v) is 12.9. The number of methoxy groups -OCH3 is 1. The number of hydrogen-bond donors (Lipinski definition) is 0. The largest absolute Gasteiger partial charge is 0.465 e. The van der Waals surface area contributed by atoms with Crippen LogP contribution in [0.2, 0.25) is 0 Å². The molecule has 1 aliphatic rings. The molecule has 1 unspecified atom stereocenters. The van der Waals surface area contributed by atoms with Gasteiger partial charge in [-0.15, -0.1) is 10.2 Å². The molecule has 1 saturated heterocycles. The molecule has 118 valence electrons. The van der Waals surface area contributed by atoms with E-state index in [1.165, 1.54) is 0 Å². The lowest BCUT2D eigenvalue weighted by Crippen LogP contribution is -2.50. The summed E-state index contributed by atoms with van der Waals surface area (Å²) >= 11 is 0. The molecular formula is C14H23N3O4. The number of aryl methyl sites for hydroxylation is 1. The third-order valence-electron chi connectivity index (χ3n) is 3.71. The van der Waals surface area contributed by atoms with Crippen LogP contribution in [0.3, 0.4) is 0 Å². The summed E-state index contributed by atoms with van der Waals surface area (Å²) in [5.41, 5.74) is -0.599. The predicted molar refractivity (Wildman–Crippen MR) is 74.5 cm³/mol. The van der Waals surface area contributed by atoms with Crippen molar-refractivity contribution in [2.24, 2.45) is 5.41 Å². The van der Waals surface area contributed by atoms with Crippen LogP contribution in [0, 0.1) is 12.3 Å². The van der Waals surface area contributed by atoms with E-state index in [1.54, 1.807) is 14.0 Å². The Bertz CT molecular complexity index is 473. The zero-order valence-electron chi connectivity index (χ0n) is 12.9. The van der Waals surface area contributed by atoms with Gasteiger partial charge in [0.2, 0.25) is 11.8 Å². The molecule has 0 N–H and O–H groups in total. The van der Waals surface area contributed by atoms with Crippen molar-refractivity contribution in [1.29, 1.82) is 0 Å². The summed E-state index contributed by atoms with van der Waals surface area (Å²) in [6.07, 6.45) is 1.69. The molecule has 0 spiro atoms. The summed E-state index contributed by atoms with van der Waals surface area (Å²) in [4.78, 5) is 14.5. The lowest BCUT2D eigenvalue weighted by Gasteiger charge is -2.39. The van der Waals surface area contributed by atoms with Gasteiger partial charge in [-0.1, -0.05) is 0 Å². The molecular weight excluding hydrogens is 274 g/mol. The number of rotatable bonds is 6. The van der Waals surface area contributed by atoms with Crippen LogP contribution in [0.4, 0.5) is 0 Å². The Balaban J connectivity index is 2.06. The highest BCUT2D eigenvalue weighted by atomic mass is 16.5. The number of piperidine rings is 1. The molecule has 21 heavy (non-hydrogen) atoms. The number of carbonyl (C=O) groups excluding carboxylic acids is 1. The number of nitrogens with zero attached hydrogens (tertiary/aromatic N) is 3. The second-order valence-electron chi connectivity index (χ2n) is 5.46. The Morgan fingerprint density at radius 1 is 1.48 bits per heavy atom. The summed E-state index contributed by atoms with van der Waals surface area (Å²) in [6, 6.07) is 0. The first-order chi connectivity index (χ1) is 10.1. The lowest BCUT2D eigenvalue weighted by atomic mass is 9.80. The summed E-state index contributed by atoms with van der Waals surface area (Å²) < 4.78 is 15.9. The van der Waals surface area contributed by atoms with Gasteiger partial charge < -0.3 is 13.9 Å². The minimum absolute atomic E-state index is 0.182. The van der Waals surface area contributed by atoms with Crippen molar-refractivity contribution in [2.75, 3.05) is 33.4 Å². The van der Waals surface area contributed by atoms with Crippen molar-refractivity contribution in [3.63, 3.8) is 0 Å². The molecule has 0 radical (unpaired) electrons. The van der Waals surface area contributed by atoms with Gasteiger partial charge in [0, 0.05) is 20.6 Å². The Labute approximate surface area is 124 Å². The van der Waals surface area contributed by atoms with Crippen LogP contribution in [-0.2, 0) is 20.8 Å². The molecule has 1 atom stereocenters. The van der Waals surface area contributed by atoms with Crippen molar-refractivity contribution in [3.8, 4) is 0 Å². The van der Waals surface area contributed by atoms with Crippen LogP contribution in [0.1, 0.15) is 31.5 Å². The highest BCUT2D eigenvalue weighted by Gasteiger charge is 2.44. The van der Waals surface area contributed by atoms with E-state index in [2.05, 4.69) is 15.1 Å². The quantitative estimate of drug-likeness (QED) is 0.729. The molecule has 1 aromatic heterocycles. The number of carbonyl (C=O) groups is 1. The van der Waals surface area contributed by atoms with Gasteiger partial charge in [-0.2, -0.15) is 0 Å². The zero-order chi connectivity index (χ0) is 15.3. The van der Waals surface area contributed by atoms with E-state index in [0.717, 1.165) is 19.4 Å². The Kier molecular flexibility index (Phi) is 5.30. The fraction of sp³-hybridized carbons (Fsp3) is 0.786. The van der Waals surface area contributed by atoms with Crippen LogP contribution in [0.25, 0.3) is 0 Å². The van der Waals surface area contributed by atoms with E-state index in [1.807, 2.05) is 6.92 Å². The number of ether oxygens (including phenoxy) is 2. The summed E-state index contributed by atoms with van der Waals surface area (Å²) in [6.45, 7) is 6.36. The van der Waals surface area contributed by atoms with Crippen LogP contribution in [-0.4, -0.2) is 54.5 Å². The fourth-order valence-corrected chi connectivity index (χ4v) is 2.86. The highest BCUT2D eigenvalue weighted by molar-refractivity contribution is 5.77. The standard InChI is InChI=1S/C14H23N3O4/c1-4-20-13(18)14(10-19-3)6-5-7-17(9-14)8-12-16-15-11(2)21-12/h4-10H2,1-3H3. The first-order valence-corrected chi connectivity index (χ1v) is 7.27. The Morgan fingerprint density at radius 3 is 2.90 bits per heavy atom. The van der Waals surface area contributed by atoms with Crippen LogP contribution in [0.5, 0.6) is 0 Å². The maximum atomic E-state index is 12.3. The molecule has 1 fully saturated rings. The van der Waals surface area contributed by atoms with Crippen molar-refractivity contribution in [3.05, 3.63) is 11.8 Å².